The van der Waals surface area contributed by atoms with E-state index in [9.17, 15) is 9.59 Å². The molecule has 0 aliphatic carbocycles. The van der Waals surface area contributed by atoms with Crippen molar-refractivity contribution in [1.82, 2.24) is 10.9 Å². The Hall–Kier alpha value is -3.84. The minimum Gasteiger partial charge on any atom is -0.492 e. The van der Waals surface area contributed by atoms with E-state index in [-0.39, 0.29) is 6.61 Å². The first-order chi connectivity index (χ1) is 16.6. The Morgan fingerprint density at radius 3 is 2.32 bits per heavy atom. The molecule has 0 unspecified atom stereocenters. The van der Waals surface area contributed by atoms with E-state index in [0.717, 1.165) is 27.2 Å². The molecule has 0 spiro atoms. The normalized spacial score (nSPS) is 10.5. The average molecular weight is 519 g/mol. The summed E-state index contributed by atoms with van der Waals surface area (Å²) in [6.07, 6.45) is 0.717. The van der Waals surface area contributed by atoms with Gasteiger partial charge in [0.2, 0.25) is 0 Å². The Morgan fingerprint density at radius 1 is 0.735 bits per heavy atom. The molecule has 2 N–H and O–H groups in total. The number of amides is 2. The number of benzene rings is 4. The maximum absolute atomic E-state index is 12.6. The van der Waals surface area contributed by atoms with Crippen molar-refractivity contribution in [2.45, 2.75) is 6.42 Å². The number of hydrogen-bond donors (Lipinski definition) is 2. The van der Waals surface area contributed by atoms with Crippen LogP contribution in [0.1, 0.15) is 15.9 Å². The summed E-state index contributed by atoms with van der Waals surface area (Å²) < 4.78 is 12.2. The number of halogens is 1. The van der Waals surface area contributed by atoms with Crippen molar-refractivity contribution < 1.29 is 19.1 Å². The van der Waals surface area contributed by atoms with Crippen LogP contribution in [0.5, 0.6) is 11.5 Å². The highest BCUT2D eigenvalue weighted by molar-refractivity contribution is 9.10. The fourth-order valence-corrected chi connectivity index (χ4v) is 4.01. The molecule has 4 rings (SSSR count). The highest BCUT2D eigenvalue weighted by atomic mass is 79.9. The van der Waals surface area contributed by atoms with Crippen LogP contribution in [0.3, 0.4) is 0 Å². The highest BCUT2D eigenvalue weighted by Gasteiger charge is 2.14. The van der Waals surface area contributed by atoms with Gasteiger partial charge in [0, 0.05) is 6.42 Å². The molecule has 4 aromatic rings. The summed E-state index contributed by atoms with van der Waals surface area (Å²) in [6, 6.07) is 28.4. The molecule has 0 saturated heterocycles. The van der Waals surface area contributed by atoms with Gasteiger partial charge in [0.1, 0.15) is 11.5 Å². The van der Waals surface area contributed by atoms with Gasteiger partial charge in [-0.3, -0.25) is 20.4 Å². The van der Waals surface area contributed by atoms with E-state index < -0.39 is 11.8 Å². The maximum atomic E-state index is 12.6. The molecule has 172 valence electrons. The van der Waals surface area contributed by atoms with Gasteiger partial charge in [-0.15, -0.1) is 0 Å². The Labute approximate surface area is 206 Å². The van der Waals surface area contributed by atoms with E-state index in [1.807, 2.05) is 60.7 Å². The fourth-order valence-electron chi connectivity index (χ4n) is 3.40. The van der Waals surface area contributed by atoms with Crippen LogP contribution in [0.4, 0.5) is 0 Å². The summed E-state index contributed by atoms with van der Waals surface area (Å²) in [4.78, 5) is 24.9. The Morgan fingerprint density at radius 2 is 1.47 bits per heavy atom. The summed E-state index contributed by atoms with van der Waals surface area (Å²) in [6.45, 7) is 0.168. The Kier molecular flexibility index (Phi) is 7.78. The molecule has 0 aliphatic heterocycles. The molecular weight excluding hydrogens is 496 g/mol. The van der Waals surface area contributed by atoms with Crippen molar-refractivity contribution in [2.24, 2.45) is 0 Å². The molecule has 0 saturated carbocycles. The molecule has 7 heteroatoms. The summed E-state index contributed by atoms with van der Waals surface area (Å²) in [5.74, 6) is 0.0188. The molecular formula is C27H23BrN2O4. The first-order valence-electron chi connectivity index (χ1n) is 10.8. The van der Waals surface area contributed by atoms with E-state index in [4.69, 9.17) is 9.47 Å². The number of carbonyl (C=O) groups excluding carboxylic acids is 2. The standard InChI is InChI=1S/C27H23BrN2O4/c28-26-21-11-5-4-10-20(21)14-15-24(26)34-18-25(31)29-30-27(32)22-12-6-7-13-23(22)33-17-16-19-8-2-1-3-9-19/h1-15H,16-18H2,(H,29,31)(H,30,32). The predicted molar refractivity (Wildman–Crippen MR) is 135 cm³/mol. The van der Waals surface area contributed by atoms with Crippen LogP contribution in [-0.2, 0) is 11.2 Å². The topological polar surface area (TPSA) is 76.7 Å². The van der Waals surface area contributed by atoms with Gasteiger partial charge in [0.05, 0.1) is 16.6 Å². The zero-order chi connectivity index (χ0) is 23.8. The number of hydrogen-bond acceptors (Lipinski definition) is 4. The van der Waals surface area contributed by atoms with Crippen molar-refractivity contribution >= 4 is 38.5 Å². The lowest BCUT2D eigenvalue weighted by Gasteiger charge is -2.13. The minimum atomic E-state index is -0.490. The molecule has 4 aromatic carbocycles. The van der Waals surface area contributed by atoms with Crippen LogP contribution in [0.25, 0.3) is 10.8 Å². The van der Waals surface area contributed by atoms with Crippen molar-refractivity contribution in [3.05, 3.63) is 107 Å². The zero-order valence-electron chi connectivity index (χ0n) is 18.3. The number of carbonyl (C=O) groups is 2. The van der Waals surface area contributed by atoms with Crippen LogP contribution in [0.2, 0.25) is 0 Å². The van der Waals surface area contributed by atoms with Crippen molar-refractivity contribution in [3.8, 4) is 11.5 Å². The molecule has 0 fully saturated rings. The van der Waals surface area contributed by atoms with Crippen molar-refractivity contribution in [1.29, 1.82) is 0 Å². The van der Waals surface area contributed by atoms with Crippen LogP contribution in [-0.4, -0.2) is 25.0 Å². The summed E-state index contributed by atoms with van der Waals surface area (Å²) >= 11 is 3.53. The highest BCUT2D eigenvalue weighted by Crippen LogP contribution is 2.32. The van der Waals surface area contributed by atoms with Crippen LogP contribution in [0, 0.1) is 0 Å². The molecule has 0 aliphatic rings. The van der Waals surface area contributed by atoms with Gasteiger partial charge >= 0.3 is 0 Å². The third-order valence-electron chi connectivity index (χ3n) is 5.12. The van der Waals surface area contributed by atoms with Crippen LogP contribution >= 0.6 is 15.9 Å². The molecule has 0 radical (unpaired) electrons. The number of ether oxygens (including phenoxy) is 2. The van der Waals surface area contributed by atoms with Crippen LogP contribution < -0.4 is 20.3 Å². The SMILES string of the molecule is O=C(COc1ccc2ccccc2c1Br)NNC(=O)c1ccccc1OCCc1ccccc1. The molecule has 6 nitrogen and oxygen atoms in total. The monoisotopic (exact) mass is 518 g/mol. The summed E-state index contributed by atoms with van der Waals surface area (Å²) in [5, 5.41) is 2.04. The molecule has 0 bridgehead atoms. The van der Waals surface area contributed by atoms with Gasteiger partial charge in [0.25, 0.3) is 11.8 Å². The first kappa shape index (κ1) is 23.3. The fraction of sp³-hybridized carbons (Fsp3) is 0.111. The first-order valence-corrected chi connectivity index (χ1v) is 11.6. The van der Waals surface area contributed by atoms with E-state index in [0.29, 0.717) is 23.7 Å². The van der Waals surface area contributed by atoms with E-state index >= 15 is 0 Å². The van der Waals surface area contributed by atoms with E-state index in [2.05, 4.69) is 26.8 Å². The third-order valence-corrected chi connectivity index (χ3v) is 5.94. The van der Waals surface area contributed by atoms with Crippen LogP contribution in [0.15, 0.2) is 95.5 Å². The van der Waals surface area contributed by atoms with Gasteiger partial charge in [-0.25, -0.2) is 0 Å². The smallest absolute Gasteiger partial charge is 0.276 e. The largest absolute Gasteiger partial charge is 0.492 e. The summed E-state index contributed by atoms with van der Waals surface area (Å²) in [7, 11) is 0. The molecule has 2 amide bonds. The van der Waals surface area contributed by atoms with E-state index in [1.165, 1.54) is 0 Å². The lowest BCUT2D eigenvalue weighted by molar-refractivity contribution is -0.123. The number of rotatable bonds is 8. The third kappa shape index (κ3) is 5.94. The number of fused-ring (bicyclic) bond motifs is 1. The number of para-hydroxylation sites is 1. The number of hydrazine groups is 1. The van der Waals surface area contributed by atoms with Crippen molar-refractivity contribution in [3.63, 3.8) is 0 Å². The Bertz CT molecular complexity index is 1290. The molecule has 0 heterocycles. The average Bonchev–Trinajstić information content (AvgIpc) is 2.88. The quantitative estimate of drug-likeness (QED) is 0.319. The Balaban J connectivity index is 1.29. The second-order valence-electron chi connectivity index (χ2n) is 7.47. The molecule has 0 aromatic heterocycles. The van der Waals surface area contributed by atoms with E-state index in [1.54, 1.807) is 30.3 Å². The van der Waals surface area contributed by atoms with Crippen molar-refractivity contribution in [2.75, 3.05) is 13.2 Å². The van der Waals surface area contributed by atoms with Gasteiger partial charge in [-0.1, -0.05) is 72.8 Å². The molecule has 0 atom stereocenters. The number of nitrogens with one attached hydrogen (secondary N) is 2. The predicted octanol–water partition coefficient (Wildman–Crippen LogP) is 5.06. The minimum absolute atomic E-state index is 0.257. The maximum Gasteiger partial charge on any atom is 0.276 e. The second kappa shape index (κ2) is 11.3. The van der Waals surface area contributed by atoms with Gasteiger partial charge in [-0.2, -0.15) is 0 Å². The lowest BCUT2D eigenvalue weighted by Crippen LogP contribution is -2.44. The molecule has 34 heavy (non-hydrogen) atoms. The summed E-state index contributed by atoms with van der Waals surface area (Å²) in [5.41, 5.74) is 6.28. The van der Waals surface area contributed by atoms with Gasteiger partial charge < -0.3 is 9.47 Å². The zero-order valence-corrected chi connectivity index (χ0v) is 19.9. The van der Waals surface area contributed by atoms with Gasteiger partial charge in [-0.05, 0) is 50.5 Å². The lowest BCUT2D eigenvalue weighted by atomic mass is 10.1. The second-order valence-corrected chi connectivity index (χ2v) is 8.26. The van der Waals surface area contributed by atoms with Gasteiger partial charge in [0.15, 0.2) is 6.61 Å².